The first-order chi connectivity index (χ1) is 13.8. The topological polar surface area (TPSA) is 105 Å². The van der Waals surface area contributed by atoms with Crippen LogP contribution in [0.4, 0.5) is 5.82 Å². The van der Waals surface area contributed by atoms with Crippen LogP contribution in [0.1, 0.15) is 42.4 Å². The van der Waals surface area contributed by atoms with Gasteiger partial charge < -0.3 is 24.6 Å². The molecule has 1 amide bonds. The first-order valence-corrected chi connectivity index (χ1v) is 9.99. The van der Waals surface area contributed by atoms with E-state index in [1.165, 1.54) is 6.20 Å². The van der Waals surface area contributed by atoms with Crippen LogP contribution in [0.2, 0.25) is 0 Å². The van der Waals surface area contributed by atoms with E-state index in [4.69, 9.17) is 4.74 Å². The highest BCUT2D eigenvalue weighted by Gasteiger charge is 2.54. The molecule has 1 spiro atoms. The van der Waals surface area contributed by atoms with Crippen molar-refractivity contribution in [3.63, 3.8) is 0 Å². The Morgan fingerprint density at radius 3 is 2.66 bits per heavy atom. The normalized spacial score (nSPS) is 26.5. The van der Waals surface area contributed by atoms with Crippen LogP contribution < -0.4 is 10.2 Å². The van der Waals surface area contributed by atoms with E-state index in [2.05, 4.69) is 25.4 Å². The predicted molar refractivity (Wildman–Crippen MR) is 107 cm³/mol. The van der Waals surface area contributed by atoms with Gasteiger partial charge in [0.1, 0.15) is 11.8 Å². The van der Waals surface area contributed by atoms with Crippen molar-refractivity contribution >= 4 is 11.7 Å². The second kappa shape index (κ2) is 7.38. The molecule has 2 aliphatic rings. The number of aliphatic hydroxyl groups is 1. The summed E-state index contributed by atoms with van der Waals surface area (Å²) in [5, 5.41) is 22.7. The standard InChI is InChI=1S/C20H28N6O3/c1-14-4-5-16(24-23-14)26-9-6-20(7-10-26)18(28)19(2,8-11-29-20)22-17(27)15-12-21-13-25(15)3/h4-5,12-13,18,28H,6-11H2,1-3H3,(H,22,27)/t18-,19+/m0/s1. The number of amides is 1. The van der Waals surface area contributed by atoms with Crippen molar-refractivity contribution in [3.8, 4) is 0 Å². The van der Waals surface area contributed by atoms with Gasteiger partial charge in [-0.05, 0) is 45.2 Å². The highest BCUT2D eigenvalue weighted by Crippen LogP contribution is 2.40. The number of imidazole rings is 1. The quantitative estimate of drug-likeness (QED) is 0.786. The Hall–Kier alpha value is -2.52. The van der Waals surface area contributed by atoms with Gasteiger partial charge in [0, 0.05) is 26.7 Å². The Kier molecular flexibility index (Phi) is 5.04. The molecule has 2 N–H and O–H groups in total. The van der Waals surface area contributed by atoms with Gasteiger partial charge in [-0.15, -0.1) is 5.10 Å². The maximum Gasteiger partial charge on any atom is 0.270 e. The minimum absolute atomic E-state index is 0.240. The largest absolute Gasteiger partial charge is 0.388 e. The third-order valence-corrected chi connectivity index (χ3v) is 6.28. The van der Waals surface area contributed by atoms with Gasteiger partial charge in [0.2, 0.25) is 0 Å². The van der Waals surface area contributed by atoms with Gasteiger partial charge in [-0.3, -0.25) is 4.79 Å². The molecule has 0 aromatic carbocycles. The molecule has 2 saturated heterocycles. The summed E-state index contributed by atoms with van der Waals surface area (Å²) in [5.41, 5.74) is -0.104. The number of aryl methyl sites for hydroxylation is 2. The van der Waals surface area contributed by atoms with Crippen molar-refractivity contribution in [1.82, 2.24) is 25.1 Å². The lowest BCUT2D eigenvalue weighted by atomic mass is 9.73. The molecule has 4 heterocycles. The molecule has 156 valence electrons. The zero-order valence-corrected chi connectivity index (χ0v) is 17.1. The van der Waals surface area contributed by atoms with Gasteiger partial charge in [0.15, 0.2) is 5.82 Å². The van der Waals surface area contributed by atoms with Crippen molar-refractivity contribution in [2.75, 3.05) is 24.6 Å². The summed E-state index contributed by atoms with van der Waals surface area (Å²) in [6, 6.07) is 3.92. The van der Waals surface area contributed by atoms with Crippen molar-refractivity contribution in [3.05, 3.63) is 36.0 Å². The average Bonchev–Trinajstić information content (AvgIpc) is 3.14. The molecule has 4 rings (SSSR count). The van der Waals surface area contributed by atoms with E-state index in [9.17, 15) is 9.90 Å². The summed E-state index contributed by atoms with van der Waals surface area (Å²) in [5.74, 6) is 0.596. The lowest BCUT2D eigenvalue weighted by Crippen LogP contribution is -2.69. The molecule has 0 bridgehead atoms. The van der Waals surface area contributed by atoms with Gasteiger partial charge in [-0.25, -0.2) is 4.98 Å². The molecule has 0 radical (unpaired) electrons. The molecule has 2 fully saturated rings. The second-order valence-electron chi connectivity index (χ2n) is 8.35. The monoisotopic (exact) mass is 400 g/mol. The van der Waals surface area contributed by atoms with Crippen LogP contribution in [0.15, 0.2) is 24.7 Å². The predicted octanol–water partition coefficient (Wildman–Crippen LogP) is 0.827. The Morgan fingerprint density at radius 2 is 2.03 bits per heavy atom. The Balaban J connectivity index is 1.47. The SMILES string of the molecule is Cc1ccc(N2CCC3(CC2)OCC[C@@](C)(NC(=O)c2cncn2C)[C@@H]3O)nn1. The fourth-order valence-electron chi connectivity index (χ4n) is 4.39. The zero-order chi connectivity index (χ0) is 20.6. The summed E-state index contributed by atoms with van der Waals surface area (Å²) in [6.45, 7) is 5.72. The van der Waals surface area contributed by atoms with Crippen LogP contribution in [0.5, 0.6) is 0 Å². The van der Waals surface area contributed by atoms with E-state index >= 15 is 0 Å². The lowest BCUT2D eigenvalue weighted by Gasteiger charge is -2.53. The van der Waals surface area contributed by atoms with E-state index in [-0.39, 0.29) is 5.91 Å². The minimum Gasteiger partial charge on any atom is -0.388 e. The highest BCUT2D eigenvalue weighted by molar-refractivity contribution is 5.92. The third kappa shape index (κ3) is 3.60. The number of nitrogens with one attached hydrogen (secondary N) is 1. The van der Waals surface area contributed by atoms with Gasteiger partial charge in [-0.1, -0.05) is 0 Å². The van der Waals surface area contributed by atoms with E-state index in [1.54, 1.807) is 17.9 Å². The molecule has 2 aliphatic heterocycles. The Labute approximate surface area is 170 Å². The number of rotatable bonds is 3. The number of carbonyl (C=O) groups is 1. The zero-order valence-electron chi connectivity index (χ0n) is 17.1. The first kappa shape index (κ1) is 19.8. The van der Waals surface area contributed by atoms with Crippen LogP contribution >= 0.6 is 0 Å². The maximum absolute atomic E-state index is 12.7. The van der Waals surface area contributed by atoms with Crippen LogP contribution in [-0.2, 0) is 11.8 Å². The summed E-state index contributed by atoms with van der Waals surface area (Å²) in [7, 11) is 1.77. The number of carbonyl (C=O) groups excluding carboxylic acids is 1. The van der Waals surface area contributed by atoms with Crippen molar-refractivity contribution < 1.29 is 14.6 Å². The number of piperidine rings is 1. The fraction of sp³-hybridized carbons (Fsp3) is 0.600. The molecule has 2 atom stereocenters. The number of aromatic nitrogens is 4. The van der Waals surface area contributed by atoms with Crippen LogP contribution in [0.25, 0.3) is 0 Å². The van der Waals surface area contributed by atoms with Crippen LogP contribution in [0, 0.1) is 6.92 Å². The molecule has 2 aromatic heterocycles. The van der Waals surface area contributed by atoms with Crippen molar-refractivity contribution in [2.24, 2.45) is 7.05 Å². The maximum atomic E-state index is 12.7. The number of aliphatic hydroxyl groups excluding tert-OH is 1. The molecule has 9 heteroatoms. The molecule has 0 saturated carbocycles. The van der Waals surface area contributed by atoms with E-state index in [1.807, 2.05) is 26.0 Å². The Morgan fingerprint density at radius 1 is 1.28 bits per heavy atom. The third-order valence-electron chi connectivity index (χ3n) is 6.28. The first-order valence-electron chi connectivity index (χ1n) is 9.99. The van der Waals surface area contributed by atoms with Gasteiger partial charge in [0.05, 0.1) is 29.4 Å². The number of ether oxygens (including phenoxy) is 1. The average molecular weight is 400 g/mol. The molecular formula is C20H28N6O3. The summed E-state index contributed by atoms with van der Waals surface area (Å²) in [4.78, 5) is 18.9. The molecule has 29 heavy (non-hydrogen) atoms. The van der Waals surface area contributed by atoms with E-state index in [0.717, 1.165) is 11.5 Å². The fourth-order valence-corrected chi connectivity index (χ4v) is 4.39. The number of anilines is 1. The van der Waals surface area contributed by atoms with Crippen LogP contribution in [-0.4, -0.2) is 67.7 Å². The van der Waals surface area contributed by atoms with Crippen molar-refractivity contribution in [2.45, 2.75) is 50.4 Å². The van der Waals surface area contributed by atoms with Crippen LogP contribution in [0.3, 0.4) is 0 Å². The highest BCUT2D eigenvalue weighted by atomic mass is 16.5. The summed E-state index contributed by atoms with van der Waals surface area (Å²) >= 11 is 0. The molecule has 2 aromatic rings. The summed E-state index contributed by atoms with van der Waals surface area (Å²) in [6.07, 6.45) is 4.16. The van der Waals surface area contributed by atoms with Gasteiger partial charge in [0.25, 0.3) is 5.91 Å². The van der Waals surface area contributed by atoms with Gasteiger partial charge >= 0.3 is 0 Å². The molecule has 0 aliphatic carbocycles. The number of hydrogen-bond acceptors (Lipinski definition) is 7. The lowest BCUT2D eigenvalue weighted by molar-refractivity contribution is -0.195. The summed E-state index contributed by atoms with van der Waals surface area (Å²) < 4.78 is 7.80. The second-order valence-corrected chi connectivity index (χ2v) is 8.35. The van der Waals surface area contributed by atoms with E-state index in [0.29, 0.717) is 44.7 Å². The number of nitrogens with zero attached hydrogens (tertiary/aromatic N) is 5. The Bertz CT molecular complexity index is 875. The smallest absolute Gasteiger partial charge is 0.270 e. The molecule has 0 unspecified atom stereocenters. The molecular weight excluding hydrogens is 372 g/mol. The van der Waals surface area contributed by atoms with Crippen molar-refractivity contribution in [1.29, 1.82) is 0 Å². The minimum atomic E-state index is -0.813. The number of hydrogen-bond donors (Lipinski definition) is 2. The molecule has 9 nitrogen and oxygen atoms in total. The van der Waals surface area contributed by atoms with E-state index < -0.39 is 17.2 Å². The van der Waals surface area contributed by atoms with Gasteiger partial charge in [-0.2, -0.15) is 5.10 Å².